The molecule has 2 rings (SSSR count). The predicted octanol–water partition coefficient (Wildman–Crippen LogP) is 1.85. The molecule has 6 nitrogen and oxygen atoms in total. The van der Waals surface area contributed by atoms with Gasteiger partial charge in [0.1, 0.15) is 11.0 Å². The van der Waals surface area contributed by atoms with Crippen molar-refractivity contribution in [3.63, 3.8) is 0 Å². The highest BCUT2D eigenvalue weighted by Gasteiger charge is 2.26. The van der Waals surface area contributed by atoms with Crippen LogP contribution >= 0.6 is 11.6 Å². The molecule has 0 aliphatic carbocycles. The number of nitrogens with zero attached hydrogens (tertiary/aromatic N) is 3. The Morgan fingerprint density at radius 2 is 2.33 bits per heavy atom. The summed E-state index contributed by atoms with van der Waals surface area (Å²) in [5.41, 5.74) is -0.0851. The van der Waals surface area contributed by atoms with E-state index < -0.39 is 11.0 Å². The van der Waals surface area contributed by atoms with Gasteiger partial charge in [-0.15, -0.1) is 0 Å². The minimum atomic E-state index is -0.500. The Bertz CT molecular complexity index is 469. The molecule has 1 aromatic heterocycles. The number of aliphatic hydroxyl groups is 1. The molecule has 1 fully saturated rings. The van der Waals surface area contributed by atoms with Crippen molar-refractivity contribution in [2.24, 2.45) is 5.92 Å². The average molecular weight is 272 g/mol. The molecule has 1 aromatic rings. The molecule has 1 aliphatic rings. The summed E-state index contributed by atoms with van der Waals surface area (Å²) >= 11 is 5.77. The van der Waals surface area contributed by atoms with Gasteiger partial charge in [0.2, 0.25) is 0 Å². The predicted molar refractivity (Wildman–Crippen MR) is 67.9 cm³/mol. The van der Waals surface area contributed by atoms with E-state index in [4.69, 9.17) is 11.6 Å². The van der Waals surface area contributed by atoms with E-state index in [2.05, 4.69) is 4.98 Å². The smallest absolute Gasteiger partial charge is 0.276 e. The van der Waals surface area contributed by atoms with Crippen LogP contribution in [0.2, 0.25) is 5.15 Å². The van der Waals surface area contributed by atoms with E-state index in [-0.39, 0.29) is 16.8 Å². The maximum atomic E-state index is 10.8. The molecule has 1 saturated heterocycles. The molecule has 0 aromatic carbocycles. The van der Waals surface area contributed by atoms with Crippen LogP contribution in [0.15, 0.2) is 12.1 Å². The van der Waals surface area contributed by atoms with Crippen molar-refractivity contribution in [1.29, 1.82) is 0 Å². The zero-order valence-electron chi connectivity index (χ0n) is 9.91. The van der Waals surface area contributed by atoms with E-state index in [1.54, 1.807) is 0 Å². The zero-order valence-corrected chi connectivity index (χ0v) is 10.7. The summed E-state index contributed by atoms with van der Waals surface area (Å²) in [6, 6.07) is 2.60. The number of aromatic nitrogens is 1. The third-order valence-corrected chi connectivity index (χ3v) is 3.41. The Hall–Kier alpha value is -1.40. The first-order valence-electron chi connectivity index (χ1n) is 5.72. The highest BCUT2D eigenvalue weighted by atomic mass is 35.5. The summed E-state index contributed by atoms with van der Waals surface area (Å²) in [5, 5.41) is 20.7. The van der Waals surface area contributed by atoms with E-state index in [1.807, 2.05) is 11.8 Å². The first-order chi connectivity index (χ1) is 8.47. The minimum Gasteiger partial charge on any atom is -0.391 e. The van der Waals surface area contributed by atoms with Gasteiger partial charge in [-0.2, -0.15) is 0 Å². The number of β-amino-alcohol motifs (C(OH)–C–C–N with tert-alkyl or cyclic N) is 1. The number of rotatable bonds is 2. The lowest BCUT2D eigenvalue weighted by Gasteiger charge is -2.34. The normalized spacial score (nSPS) is 24.1. The molecule has 7 heteroatoms. The van der Waals surface area contributed by atoms with Crippen LogP contribution in [0.3, 0.4) is 0 Å². The summed E-state index contributed by atoms with van der Waals surface area (Å²) in [6.45, 7) is 3.12. The molecule has 0 radical (unpaired) electrons. The highest BCUT2D eigenvalue weighted by Crippen LogP contribution is 2.27. The van der Waals surface area contributed by atoms with Gasteiger partial charge in [-0.25, -0.2) is 4.98 Å². The maximum Gasteiger partial charge on any atom is 0.276 e. The molecule has 0 bridgehead atoms. The van der Waals surface area contributed by atoms with E-state index >= 15 is 0 Å². The molecule has 2 heterocycles. The summed E-state index contributed by atoms with van der Waals surface area (Å²) in [7, 11) is 0. The van der Waals surface area contributed by atoms with E-state index in [0.29, 0.717) is 18.9 Å². The Morgan fingerprint density at radius 3 is 2.94 bits per heavy atom. The summed E-state index contributed by atoms with van der Waals surface area (Å²) in [6.07, 6.45) is 0.377. The van der Waals surface area contributed by atoms with Crippen molar-refractivity contribution >= 4 is 23.1 Å². The maximum absolute atomic E-state index is 10.8. The number of nitro groups is 1. The lowest BCUT2D eigenvalue weighted by molar-refractivity contribution is -0.384. The van der Waals surface area contributed by atoms with Gasteiger partial charge in [-0.05, 0) is 12.3 Å². The number of hydrogen-bond donors (Lipinski definition) is 1. The molecule has 0 saturated carbocycles. The molecule has 18 heavy (non-hydrogen) atoms. The second kappa shape index (κ2) is 5.07. The number of anilines is 1. The van der Waals surface area contributed by atoms with Crippen molar-refractivity contribution < 1.29 is 10.0 Å². The van der Waals surface area contributed by atoms with Crippen LogP contribution in [0.5, 0.6) is 0 Å². The summed E-state index contributed by atoms with van der Waals surface area (Å²) in [4.78, 5) is 16.2. The lowest BCUT2D eigenvalue weighted by Crippen LogP contribution is -2.43. The SMILES string of the molecule is CC1CCN(c2cc([N+](=O)[O-])cc(Cl)n2)CC1O. The van der Waals surface area contributed by atoms with Crippen LogP contribution in [0, 0.1) is 16.0 Å². The number of aliphatic hydroxyl groups excluding tert-OH is 1. The molecule has 1 N–H and O–H groups in total. The van der Waals surface area contributed by atoms with Gasteiger partial charge in [0.15, 0.2) is 0 Å². The third kappa shape index (κ3) is 2.70. The van der Waals surface area contributed by atoms with Crippen LogP contribution in [0.4, 0.5) is 11.5 Å². The molecule has 2 atom stereocenters. The zero-order chi connectivity index (χ0) is 13.3. The van der Waals surface area contributed by atoms with Gasteiger partial charge in [-0.3, -0.25) is 10.1 Å². The Kier molecular flexibility index (Phi) is 3.68. The van der Waals surface area contributed by atoms with Crippen molar-refractivity contribution in [3.05, 3.63) is 27.4 Å². The second-order valence-electron chi connectivity index (χ2n) is 4.54. The van der Waals surface area contributed by atoms with Crippen molar-refractivity contribution in [2.75, 3.05) is 18.0 Å². The summed E-state index contributed by atoms with van der Waals surface area (Å²) in [5.74, 6) is 0.676. The molecule has 1 aliphatic heterocycles. The highest BCUT2D eigenvalue weighted by molar-refractivity contribution is 6.29. The fourth-order valence-corrected chi connectivity index (χ4v) is 2.19. The number of piperidine rings is 1. The molecular formula is C11H14ClN3O3. The van der Waals surface area contributed by atoms with Crippen LogP contribution in [-0.2, 0) is 0 Å². The molecule has 0 amide bonds. The van der Waals surface area contributed by atoms with Gasteiger partial charge < -0.3 is 10.0 Å². The lowest BCUT2D eigenvalue weighted by atomic mass is 9.96. The number of halogens is 1. The van der Waals surface area contributed by atoms with E-state index in [0.717, 1.165) is 6.42 Å². The quantitative estimate of drug-likeness (QED) is 0.504. The van der Waals surface area contributed by atoms with Crippen molar-refractivity contribution in [2.45, 2.75) is 19.4 Å². The molecular weight excluding hydrogens is 258 g/mol. The van der Waals surface area contributed by atoms with Gasteiger partial charge in [0.05, 0.1) is 23.2 Å². The summed E-state index contributed by atoms with van der Waals surface area (Å²) < 4.78 is 0. The van der Waals surface area contributed by atoms with Gasteiger partial charge in [0.25, 0.3) is 5.69 Å². The van der Waals surface area contributed by atoms with Crippen LogP contribution in [-0.4, -0.2) is 34.2 Å². The fourth-order valence-electron chi connectivity index (χ4n) is 1.99. The Morgan fingerprint density at radius 1 is 1.61 bits per heavy atom. The van der Waals surface area contributed by atoms with Gasteiger partial charge >= 0.3 is 0 Å². The Labute approximate surface area is 109 Å². The molecule has 0 spiro atoms. The largest absolute Gasteiger partial charge is 0.391 e. The second-order valence-corrected chi connectivity index (χ2v) is 4.93. The Balaban J connectivity index is 2.25. The first kappa shape index (κ1) is 13.0. The standard InChI is InChI=1S/C11H14ClN3O3/c1-7-2-3-14(6-9(7)16)11-5-8(15(17)18)4-10(12)13-11/h4-5,7,9,16H,2-3,6H2,1H3. The molecule has 98 valence electrons. The van der Waals surface area contributed by atoms with Gasteiger partial charge in [0, 0.05) is 13.1 Å². The minimum absolute atomic E-state index is 0.0851. The number of pyridine rings is 1. The fraction of sp³-hybridized carbons (Fsp3) is 0.545. The van der Waals surface area contributed by atoms with Crippen LogP contribution < -0.4 is 4.90 Å². The van der Waals surface area contributed by atoms with Crippen LogP contribution in [0.1, 0.15) is 13.3 Å². The number of hydrogen-bond acceptors (Lipinski definition) is 5. The monoisotopic (exact) mass is 271 g/mol. The first-order valence-corrected chi connectivity index (χ1v) is 6.10. The van der Waals surface area contributed by atoms with E-state index in [1.165, 1.54) is 12.1 Å². The van der Waals surface area contributed by atoms with Crippen molar-refractivity contribution in [1.82, 2.24) is 4.98 Å². The third-order valence-electron chi connectivity index (χ3n) is 3.22. The average Bonchev–Trinajstić information content (AvgIpc) is 2.31. The molecule has 2 unspecified atom stereocenters. The van der Waals surface area contributed by atoms with Crippen LogP contribution in [0.25, 0.3) is 0 Å². The van der Waals surface area contributed by atoms with Crippen molar-refractivity contribution in [3.8, 4) is 0 Å². The van der Waals surface area contributed by atoms with Gasteiger partial charge in [-0.1, -0.05) is 18.5 Å². The van der Waals surface area contributed by atoms with E-state index in [9.17, 15) is 15.2 Å². The topological polar surface area (TPSA) is 79.5 Å².